The molecule has 2 heterocycles. The fourth-order valence-electron chi connectivity index (χ4n) is 3.54. The van der Waals surface area contributed by atoms with Crippen LogP contribution in [-0.4, -0.2) is 15.9 Å². The molecule has 2 aromatic carbocycles. The van der Waals surface area contributed by atoms with Crippen molar-refractivity contribution in [3.63, 3.8) is 0 Å². The molecular weight excluding hydrogens is 360 g/mol. The van der Waals surface area contributed by atoms with Crippen molar-refractivity contribution >= 4 is 17.1 Å². The predicted molar refractivity (Wildman–Crippen MR) is 108 cm³/mol. The van der Waals surface area contributed by atoms with Crippen molar-refractivity contribution in [1.82, 2.24) is 4.40 Å². The summed E-state index contributed by atoms with van der Waals surface area (Å²) >= 11 is 6.03. The van der Waals surface area contributed by atoms with Crippen LogP contribution in [0.25, 0.3) is 16.6 Å². The average Bonchev–Trinajstić information content (AvgIpc) is 3.07. The van der Waals surface area contributed by atoms with E-state index in [1.807, 2.05) is 71.3 Å². The lowest BCUT2D eigenvalue weighted by Crippen LogP contribution is -2.16. The maximum atomic E-state index is 11.5. The minimum absolute atomic E-state index is 0.192. The maximum Gasteiger partial charge on any atom is 0.216 e. The molecule has 0 fully saturated rings. The van der Waals surface area contributed by atoms with Gasteiger partial charge in [0.25, 0.3) is 0 Å². The molecule has 134 valence electrons. The average molecular weight is 377 g/mol. The molecule has 5 heteroatoms. The number of rotatable bonds is 5. The molecule has 27 heavy (non-hydrogen) atoms. The number of benzene rings is 2. The molecule has 4 nitrogen and oxygen atoms in total. The SMILES string of the molecule is O=[N+]([O-])C[C@H](c1ccc(Cl)cc1)c1c(-c2ccccc2)cc2ccccn12. The van der Waals surface area contributed by atoms with E-state index in [4.69, 9.17) is 11.6 Å². The Morgan fingerprint density at radius 1 is 0.963 bits per heavy atom. The van der Waals surface area contributed by atoms with Crippen LogP contribution in [0, 0.1) is 10.1 Å². The predicted octanol–water partition coefficient (Wildman–Crippen LogP) is 5.67. The third-order valence-electron chi connectivity index (χ3n) is 4.74. The van der Waals surface area contributed by atoms with Crippen molar-refractivity contribution in [3.05, 3.63) is 111 Å². The van der Waals surface area contributed by atoms with Gasteiger partial charge in [0.2, 0.25) is 6.54 Å². The molecule has 1 atom stereocenters. The van der Waals surface area contributed by atoms with Crippen molar-refractivity contribution in [3.8, 4) is 11.1 Å². The topological polar surface area (TPSA) is 47.5 Å². The Morgan fingerprint density at radius 3 is 2.37 bits per heavy atom. The van der Waals surface area contributed by atoms with Crippen LogP contribution in [0.5, 0.6) is 0 Å². The van der Waals surface area contributed by atoms with E-state index in [1.165, 1.54) is 0 Å². The van der Waals surface area contributed by atoms with Gasteiger partial charge in [-0.2, -0.15) is 0 Å². The molecule has 4 aromatic rings. The molecular formula is C22H17ClN2O2. The van der Waals surface area contributed by atoms with E-state index >= 15 is 0 Å². The van der Waals surface area contributed by atoms with Crippen molar-refractivity contribution < 1.29 is 4.92 Å². The van der Waals surface area contributed by atoms with E-state index in [0.29, 0.717) is 5.02 Å². The van der Waals surface area contributed by atoms with Gasteiger partial charge >= 0.3 is 0 Å². The van der Waals surface area contributed by atoms with Gasteiger partial charge in [0.05, 0.1) is 5.92 Å². The molecule has 0 saturated heterocycles. The number of hydrogen-bond acceptors (Lipinski definition) is 2. The number of hydrogen-bond donors (Lipinski definition) is 0. The highest BCUT2D eigenvalue weighted by Crippen LogP contribution is 2.36. The zero-order chi connectivity index (χ0) is 18.8. The second-order valence-corrected chi connectivity index (χ2v) is 6.86. The maximum absolute atomic E-state index is 11.5. The Kier molecular flexibility index (Phi) is 4.65. The first-order valence-corrected chi connectivity index (χ1v) is 9.04. The van der Waals surface area contributed by atoms with E-state index < -0.39 is 5.92 Å². The lowest BCUT2D eigenvalue weighted by molar-refractivity contribution is -0.481. The quantitative estimate of drug-likeness (QED) is 0.333. The third kappa shape index (κ3) is 3.44. The number of halogens is 1. The molecule has 0 bridgehead atoms. The largest absolute Gasteiger partial charge is 0.319 e. The molecule has 0 aliphatic heterocycles. The minimum atomic E-state index is -0.391. The molecule has 0 amide bonds. The van der Waals surface area contributed by atoms with Crippen LogP contribution in [-0.2, 0) is 0 Å². The van der Waals surface area contributed by atoms with Gasteiger partial charge < -0.3 is 4.40 Å². The van der Waals surface area contributed by atoms with Gasteiger partial charge in [-0.15, -0.1) is 0 Å². The monoisotopic (exact) mass is 376 g/mol. The van der Waals surface area contributed by atoms with Crippen LogP contribution in [0.15, 0.2) is 85.1 Å². The van der Waals surface area contributed by atoms with Gasteiger partial charge in [0, 0.05) is 32.9 Å². The van der Waals surface area contributed by atoms with Crippen LogP contribution >= 0.6 is 11.6 Å². The Labute approximate surface area is 161 Å². The molecule has 2 aromatic heterocycles. The number of aromatic nitrogens is 1. The van der Waals surface area contributed by atoms with Gasteiger partial charge in [0.1, 0.15) is 0 Å². The van der Waals surface area contributed by atoms with E-state index in [-0.39, 0.29) is 11.5 Å². The highest BCUT2D eigenvalue weighted by Gasteiger charge is 2.27. The Hall–Kier alpha value is -3.11. The Bertz CT molecular complexity index is 1090. The molecule has 0 aliphatic rings. The summed E-state index contributed by atoms with van der Waals surface area (Å²) in [5.41, 5.74) is 4.84. The number of nitro groups is 1. The zero-order valence-corrected chi connectivity index (χ0v) is 15.2. The molecule has 0 saturated carbocycles. The highest BCUT2D eigenvalue weighted by atomic mass is 35.5. The van der Waals surface area contributed by atoms with Gasteiger partial charge in [0.15, 0.2) is 0 Å². The van der Waals surface area contributed by atoms with Gasteiger partial charge in [-0.3, -0.25) is 10.1 Å². The standard InChI is InChI=1S/C22H17ClN2O2/c23-18-11-9-17(10-12-18)21(15-25(26)27)22-20(16-6-2-1-3-7-16)14-19-8-4-5-13-24(19)22/h1-14,21H,15H2/t21-/m1/s1. The summed E-state index contributed by atoms with van der Waals surface area (Å²) in [5, 5.41) is 12.1. The number of nitrogens with zero attached hydrogens (tertiary/aromatic N) is 2. The Morgan fingerprint density at radius 2 is 1.67 bits per heavy atom. The van der Waals surface area contributed by atoms with Crippen LogP contribution in [0.4, 0.5) is 0 Å². The summed E-state index contributed by atoms with van der Waals surface area (Å²) in [4.78, 5) is 11.2. The summed E-state index contributed by atoms with van der Waals surface area (Å²) in [5.74, 6) is -0.391. The first-order valence-electron chi connectivity index (χ1n) is 8.66. The summed E-state index contributed by atoms with van der Waals surface area (Å²) in [7, 11) is 0. The van der Waals surface area contributed by atoms with Gasteiger partial charge in [-0.05, 0) is 41.5 Å². The molecule has 4 rings (SSSR count). The first kappa shape index (κ1) is 17.3. The lowest BCUT2D eigenvalue weighted by atomic mass is 9.91. The summed E-state index contributed by atoms with van der Waals surface area (Å²) in [6, 6.07) is 25.3. The van der Waals surface area contributed by atoms with Crippen LogP contribution in [0.3, 0.4) is 0 Å². The molecule has 0 unspecified atom stereocenters. The number of fused-ring (bicyclic) bond motifs is 1. The molecule has 0 spiro atoms. The third-order valence-corrected chi connectivity index (χ3v) is 4.99. The highest BCUT2D eigenvalue weighted by molar-refractivity contribution is 6.30. The second kappa shape index (κ2) is 7.25. The second-order valence-electron chi connectivity index (χ2n) is 6.42. The van der Waals surface area contributed by atoms with Gasteiger partial charge in [-0.1, -0.05) is 60.1 Å². The number of pyridine rings is 1. The van der Waals surface area contributed by atoms with Gasteiger partial charge in [-0.25, -0.2) is 0 Å². The van der Waals surface area contributed by atoms with Crippen LogP contribution in [0.1, 0.15) is 17.2 Å². The zero-order valence-electron chi connectivity index (χ0n) is 14.5. The van der Waals surface area contributed by atoms with E-state index in [1.54, 1.807) is 12.1 Å². The van der Waals surface area contributed by atoms with E-state index in [9.17, 15) is 10.1 Å². The first-order chi connectivity index (χ1) is 13.1. The van der Waals surface area contributed by atoms with Crippen LogP contribution in [0.2, 0.25) is 5.02 Å². The lowest BCUT2D eigenvalue weighted by Gasteiger charge is -2.17. The summed E-state index contributed by atoms with van der Waals surface area (Å²) < 4.78 is 2.05. The van der Waals surface area contributed by atoms with E-state index in [2.05, 4.69) is 6.07 Å². The van der Waals surface area contributed by atoms with Crippen molar-refractivity contribution in [2.24, 2.45) is 0 Å². The molecule has 0 radical (unpaired) electrons. The summed E-state index contributed by atoms with van der Waals surface area (Å²) in [6.07, 6.45) is 1.96. The smallest absolute Gasteiger partial charge is 0.216 e. The van der Waals surface area contributed by atoms with Crippen LogP contribution < -0.4 is 0 Å². The van der Waals surface area contributed by atoms with Crippen molar-refractivity contribution in [1.29, 1.82) is 0 Å². The minimum Gasteiger partial charge on any atom is -0.319 e. The van der Waals surface area contributed by atoms with E-state index in [0.717, 1.165) is 27.9 Å². The molecule has 0 aliphatic carbocycles. The molecule has 0 N–H and O–H groups in total. The fourth-order valence-corrected chi connectivity index (χ4v) is 3.67. The van der Waals surface area contributed by atoms with Crippen molar-refractivity contribution in [2.45, 2.75) is 5.92 Å². The Balaban J connectivity index is 1.98. The normalized spacial score (nSPS) is 12.2. The van der Waals surface area contributed by atoms with Crippen molar-refractivity contribution in [2.75, 3.05) is 6.54 Å². The summed E-state index contributed by atoms with van der Waals surface area (Å²) in [6.45, 7) is -0.192. The fraction of sp³-hybridized carbons (Fsp3) is 0.0909.